The SMILES string of the molecule is CC(C)(N)c1noc(CN2CCC(N3CCCCC3)CC2)n1.Cl.Cl. The summed E-state index contributed by atoms with van der Waals surface area (Å²) in [6, 6.07) is 0.776. The molecule has 0 radical (unpaired) electrons. The van der Waals surface area contributed by atoms with Crippen molar-refractivity contribution in [1.29, 1.82) is 0 Å². The summed E-state index contributed by atoms with van der Waals surface area (Å²) >= 11 is 0. The number of nitrogens with two attached hydrogens (primary N) is 1. The molecule has 2 aliphatic heterocycles. The van der Waals surface area contributed by atoms with Crippen LogP contribution in [0, 0.1) is 0 Å². The van der Waals surface area contributed by atoms with Gasteiger partial charge in [-0.25, -0.2) is 0 Å². The van der Waals surface area contributed by atoms with Crippen molar-refractivity contribution >= 4 is 24.8 Å². The van der Waals surface area contributed by atoms with Gasteiger partial charge in [-0.2, -0.15) is 4.98 Å². The maximum atomic E-state index is 6.00. The van der Waals surface area contributed by atoms with Gasteiger partial charge in [0, 0.05) is 19.1 Å². The predicted molar refractivity (Wildman–Crippen MR) is 99.7 cm³/mol. The molecule has 0 atom stereocenters. The van der Waals surface area contributed by atoms with Crippen LogP contribution in [0.15, 0.2) is 4.52 Å². The van der Waals surface area contributed by atoms with Crippen LogP contribution in [0.3, 0.4) is 0 Å². The van der Waals surface area contributed by atoms with Crippen LogP contribution in [-0.4, -0.2) is 52.2 Å². The van der Waals surface area contributed by atoms with Crippen LogP contribution >= 0.6 is 24.8 Å². The lowest BCUT2D eigenvalue weighted by molar-refractivity contribution is 0.0847. The molecule has 24 heavy (non-hydrogen) atoms. The third kappa shape index (κ3) is 5.56. The Balaban J connectivity index is 0.00000144. The molecule has 3 heterocycles. The number of likely N-dealkylation sites (tertiary alicyclic amines) is 2. The first-order chi connectivity index (χ1) is 10.5. The standard InChI is InChI=1S/C16H29N5O.2ClH/c1-16(2,17)15-18-14(22-19-15)12-20-10-6-13(7-11-20)21-8-4-3-5-9-21;;/h13H,3-12,17H2,1-2H3;2*1H. The summed E-state index contributed by atoms with van der Waals surface area (Å²) in [5.41, 5.74) is 5.46. The highest BCUT2D eigenvalue weighted by Gasteiger charge is 2.27. The van der Waals surface area contributed by atoms with Gasteiger partial charge in [0.15, 0.2) is 5.82 Å². The lowest BCUT2D eigenvalue weighted by atomic mass is 10.00. The van der Waals surface area contributed by atoms with E-state index >= 15 is 0 Å². The third-order valence-electron chi connectivity index (χ3n) is 4.87. The normalized spacial score (nSPS) is 21.1. The molecule has 0 spiro atoms. The summed E-state index contributed by atoms with van der Waals surface area (Å²) in [6.45, 7) is 9.36. The van der Waals surface area contributed by atoms with E-state index in [9.17, 15) is 0 Å². The Labute approximate surface area is 157 Å². The predicted octanol–water partition coefficient (Wildman–Crippen LogP) is 2.56. The molecular formula is C16H31Cl2N5O. The van der Waals surface area contributed by atoms with Crippen molar-refractivity contribution < 1.29 is 4.52 Å². The first-order valence-electron chi connectivity index (χ1n) is 8.61. The van der Waals surface area contributed by atoms with E-state index < -0.39 is 5.54 Å². The van der Waals surface area contributed by atoms with Gasteiger partial charge in [-0.15, -0.1) is 24.8 Å². The molecule has 0 amide bonds. The summed E-state index contributed by atoms with van der Waals surface area (Å²) in [6.07, 6.45) is 6.67. The van der Waals surface area contributed by atoms with E-state index in [2.05, 4.69) is 19.9 Å². The van der Waals surface area contributed by atoms with E-state index in [0.29, 0.717) is 11.7 Å². The molecule has 0 bridgehead atoms. The Morgan fingerprint density at radius 1 is 1.08 bits per heavy atom. The molecule has 1 aromatic rings. The molecule has 140 valence electrons. The van der Waals surface area contributed by atoms with E-state index in [1.54, 1.807) is 0 Å². The van der Waals surface area contributed by atoms with Crippen molar-refractivity contribution in [3.05, 3.63) is 11.7 Å². The van der Waals surface area contributed by atoms with E-state index in [1.165, 1.54) is 45.2 Å². The molecule has 0 aliphatic carbocycles. The zero-order valence-electron chi connectivity index (χ0n) is 14.7. The van der Waals surface area contributed by atoms with Crippen LogP contribution in [0.2, 0.25) is 0 Å². The number of hydrogen-bond acceptors (Lipinski definition) is 6. The zero-order chi connectivity index (χ0) is 15.6. The highest BCUT2D eigenvalue weighted by atomic mass is 35.5. The van der Waals surface area contributed by atoms with Gasteiger partial charge in [0.2, 0.25) is 5.89 Å². The lowest BCUT2D eigenvalue weighted by Crippen LogP contribution is -2.46. The summed E-state index contributed by atoms with van der Waals surface area (Å²) in [5, 5.41) is 4.00. The molecule has 8 heteroatoms. The van der Waals surface area contributed by atoms with Gasteiger partial charge in [0.25, 0.3) is 0 Å². The molecule has 2 saturated heterocycles. The topological polar surface area (TPSA) is 71.4 Å². The van der Waals surface area contributed by atoms with Gasteiger partial charge >= 0.3 is 0 Å². The molecule has 2 fully saturated rings. The highest BCUT2D eigenvalue weighted by Crippen LogP contribution is 2.22. The van der Waals surface area contributed by atoms with Crippen molar-refractivity contribution in [2.75, 3.05) is 26.2 Å². The van der Waals surface area contributed by atoms with Crippen molar-refractivity contribution in [2.45, 2.75) is 64.1 Å². The fraction of sp³-hybridized carbons (Fsp3) is 0.875. The maximum absolute atomic E-state index is 6.00. The smallest absolute Gasteiger partial charge is 0.240 e. The first kappa shape index (κ1) is 21.6. The largest absolute Gasteiger partial charge is 0.338 e. The molecule has 0 unspecified atom stereocenters. The molecule has 0 saturated carbocycles. The van der Waals surface area contributed by atoms with E-state index in [-0.39, 0.29) is 24.8 Å². The minimum atomic E-state index is -0.539. The van der Waals surface area contributed by atoms with Gasteiger partial charge in [-0.05, 0) is 52.6 Å². The van der Waals surface area contributed by atoms with Crippen LogP contribution in [0.5, 0.6) is 0 Å². The van der Waals surface area contributed by atoms with Gasteiger partial charge in [-0.3, -0.25) is 4.90 Å². The molecule has 3 rings (SSSR count). The number of piperidine rings is 2. The Morgan fingerprint density at radius 2 is 1.71 bits per heavy atom. The molecular weight excluding hydrogens is 349 g/mol. The Hall–Kier alpha value is -0.400. The van der Waals surface area contributed by atoms with Crippen molar-refractivity contribution in [1.82, 2.24) is 19.9 Å². The van der Waals surface area contributed by atoms with Crippen molar-refractivity contribution in [2.24, 2.45) is 5.73 Å². The summed E-state index contributed by atoms with van der Waals surface area (Å²) in [7, 11) is 0. The van der Waals surface area contributed by atoms with Crippen LogP contribution in [0.25, 0.3) is 0 Å². The van der Waals surface area contributed by atoms with Crippen LogP contribution in [0.4, 0.5) is 0 Å². The van der Waals surface area contributed by atoms with Crippen LogP contribution in [-0.2, 0) is 12.1 Å². The van der Waals surface area contributed by atoms with Gasteiger partial charge in [0.1, 0.15) is 0 Å². The quantitative estimate of drug-likeness (QED) is 0.866. The molecule has 2 N–H and O–H groups in total. The number of hydrogen-bond donors (Lipinski definition) is 1. The monoisotopic (exact) mass is 379 g/mol. The van der Waals surface area contributed by atoms with E-state index in [1.807, 2.05) is 13.8 Å². The number of nitrogens with zero attached hydrogens (tertiary/aromatic N) is 4. The Kier molecular flexibility index (Phi) is 8.42. The fourth-order valence-electron chi connectivity index (χ4n) is 3.50. The number of aromatic nitrogens is 2. The second-order valence-corrected chi connectivity index (χ2v) is 7.34. The Bertz CT molecular complexity index is 477. The average molecular weight is 380 g/mol. The second-order valence-electron chi connectivity index (χ2n) is 7.34. The minimum absolute atomic E-state index is 0. The summed E-state index contributed by atoms with van der Waals surface area (Å²) in [5.74, 6) is 1.27. The van der Waals surface area contributed by atoms with Crippen molar-refractivity contribution in [3.63, 3.8) is 0 Å². The first-order valence-corrected chi connectivity index (χ1v) is 8.61. The van der Waals surface area contributed by atoms with Crippen LogP contribution in [0.1, 0.15) is 57.7 Å². The van der Waals surface area contributed by atoms with Crippen molar-refractivity contribution in [3.8, 4) is 0 Å². The van der Waals surface area contributed by atoms with Gasteiger partial charge in [0.05, 0.1) is 12.1 Å². The van der Waals surface area contributed by atoms with Gasteiger partial charge < -0.3 is 15.2 Å². The summed E-state index contributed by atoms with van der Waals surface area (Å²) < 4.78 is 5.34. The summed E-state index contributed by atoms with van der Waals surface area (Å²) in [4.78, 5) is 9.54. The average Bonchev–Trinajstić information content (AvgIpc) is 2.98. The van der Waals surface area contributed by atoms with E-state index in [0.717, 1.165) is 25.7 Å². The highest BCUT2D eigenvalue weighted by molar-refractivity contribution is 5.85. The third-order valence-corrected chi connectivity index (χ3v) is 4.87. The number of halogens is 2. The molecule has 2 aliphatic rings. The lowest BCUT2D eigenvalue weighted by Gasteiger charge is -2.39. The zero-order valence-corrected chi connectivity index (χ0v) is 16.4. The van der Waals surface area contributed by atoms with Gasteiger partial charge in [-0.1, -0.05) is 11.6 Å². The second kappa shape index (κ2) is 9.34. The van der Waals surface area contributed by atoms with Crippen LogP contribution < -0.4 is 5.73 Å². The molecule has 6 nitrogen and oxygen atoms in total. The maximum Gasteiger partial charge on any atom is 0.240 e. The number of rotatable bonds is 4. The molecule has 1 aromatic heterocycles. The van der Waals surface area contributed by atoms with E-state index in [4.69, 9.17) is 10.3 Å². The minimum Gasteiger partial charge on any atom is -0.338 e. The fourth-order valence-corrected chi connectivity index (χ4v) is 3.50. The molecule has 0 aromatic carbocycles. The Morgan fingerprint density at radius 3 is 2.25 bits per heavy atom.